The van der Waals surface area contributed by atoms with Gasteiger partial charge in [0.15, 0.2) is 0 Å². The van der Waals surface area contributed by atoms with Crippen LogP contribution < -0.4 is 4.31 Å². The van der Waals surface area contributed by atoms with Gasteiger partial charge < -0.3 is 0 Å². The molecule has 0 aliphatic rings. The van der Waals surface area contributed by atoms with Crippen molar-refractivity contribution in [2.24, 2.45) is 0 Å². The van der Waals surface area contributed by atoms with E-state index in [1.54, 1.807) is 19.2 Å². The van der Waals surface area contributed by atoms with Crippen molar-refractivity contribution < 1.29 is 8.42 Å². The first-order chi connectivity index (χ1) is 13.1. The summed E-state index contributed by atoms with van der Waals surface area (Å²) >= 11 is 0. The maximum Gasteiger partial charge on any atom is 0.264 e. The molecule has 0 unspecified atom stereocenters. The molecule has 27 heavy (non-hydrogen) atoms. The number of hydrogen-bond donors (Lipinski definition) is 0. The fraction of sp³-hybridized carbons (Fsp3) is 0.0435. The van der Waals surface area contributed by atoms with E-state index < -0.39 is 10.0 Å². The van der Waals surface area contributed by atoms with E-state index in [0.29, 0.717) is 5.69 Å². The van der Waals surface area contributed by atoms with Crippen LogP contribution in [-0.4, -0.2) is 15.5 Å². The Hall–Kier alpha value is -3.11. The third kappa shape index (κ3) is 3.20. The second kappa shape index (κ2) is 6.89. The van der Waals surface area contributed by atoms with Crippen molar-refractivity contribution in [1.29, 1.82) is 0 Å². The minimum absolute atomic E-state index is 0.284. The lowest BCUT2D eigenvalue weighted by atomic mass is 10.0. The predicted molar refractivity (Wildman–Crippen MR) is 111 cm³/mol. The molecule has 4 aromatic carbocycles. The number of sulfonamides is 1. The lowest BCUT2D eigenvalue weighted by Gasteiger charge is -2.22. The van der Waals surface area contributed by atoms with Gasteiger partial charge in [-0.25, -0.2) is 8.42 Å². The van der Waals surface area contributed by atoms with Gasteiger partial charge in [-0.1, -0.05) is 78.9 Å². The fourth-order valence-corrected chi connectivity index (χ4v) is 4.48. The van der Waals surface area contributed by atoms with E-state index in [2.05, 4.69) is 0 Å². The maximum absolute atomic E-state index is 13.3. The van der Waals surface area contributed by atoms with Gasteiger partial charge in [0.1, 0.15) is 0 Å². The first-order valence-electron chi connectivity index (χ1n) is 8.69. The van der Waals surface area contributed by atoms with Crippen molar-refractivity contribution in [3.8, 4) is 11.1 Å². The number of para-hydroxylation sites is 1. The molecule has 0 aliphatic heterocycles. The summed E-state index contributed by atoms with van der Waals surface area (Å²) in [5.74, 6) is 0. The average Bonchev–Trinajstić information content (AvgIpc) is 2.73. The molecular formula is C23H19NO2S. The zero-order valence-electron chi connectivity index (χ0n) is 14.9. The van der Waals surface area contributed by atoms with Gasteiger partial charge in [-0.3, -0.25) is 4.31 Å². The highest BCUT2D eigenvalue weighted by Crippen LogP contribution is 2.33. The highest BCUT2D eigenvalue weighted by molar-refractivity contribution is 7.92. The molecule has 0 heterocycles. The van der Waals surface area contributed by atoms with Crippen LogP contribution in [0, 0.1) is 0 Å². The highest BCUT2D eigenvalue weighted by Gasteiger charge is 2.23. The van der Waals surface area contributed by atoms with E-state index >= 15 is 0 Å². The molecule has 0 radical (unpaired) electrons. The first-order valence-corrected chi connectivity index (χ1v) is 10.1. The molecule has 0 bridgehead atoms. The lowest BCUT2D eigenvalue weighted by molar-refractivity contribution is 0.594. The normalized spacial score (nSPS) is 11.4. The van der Waals surface area contributed by atoms with Crippen LogP contribution in [0.3, 0.4) is 0 Å². The summed E-state index contributed by atoms with van der Waals surface area (Å²) in [5, 5.41) is 1.92. The smallest absolute Gasteiger partial charge is 0.264 e. The minimum Gasteiger partial charge on any atom is -0.269 e. The summed E-state index contributed by atoms with van der Waals surface area (Å²) in [6.45, 7) is 0. The van der Waals surface area contributed by atoms with E-state index in [9.17, 15) is 8.42 Å². The Bertz CT molecular complexity index is 1200. The standard InChI is InChI=1S/C23H19NO2S/c1-24(23-14-8-7-13-22(23)19-10-3-2-4-11-19)27(25,26)21-16-15-18-9-5-6-12-20(18)17-21/h2-17H,1H3. The van der Waals surface area contributed by atoms with Crippen molar-refractivity contribution in [2.75, 3.05) is 11.4 Å². The molecule has 134 valence electrons. The van der Waals surface area contributed by atoms with Gasteiger partial charge in [-0.15, -0.1) is 0 Å². The van der Waals surface area contributed by atoms with Gasteiger partial charge in [-0.05, 0) is 34.5 Å². The summed E-state index contributed by atoms with van der Waals surface area (Å²) in [4.78, 5) is 0.284. The van der Waals surface area contributed by atoms with Crippen LogP contribution in [0.4, 0.5) is 5.69 Å². The zero-order chi connectivity index (χ0) is 18.9. The molecule has 0 aromatic heterocycles. The zero-order valence-corrected chi connectivity index (χ0v) is 15.7. The number of nitrogens with zero attached hydrogens (tertiary/aromatic N) is 1. The molecule has 3 nitrogen and oxygen atoms in total. The van der Waals surface area contributed by atoms with Crippen molar-refractivity contribution in [3.63, 3.8) is 0 Å². The summed E-state index contributed by atoms with van der Waals surface area (Å²) < 4.78 is 27.9. The van der Waals surface area contributed by atoms with Gasteiger partial charge in [-0.2, -0.15) is 0 Å². The van der Waals surface area contributed by atoms with Crippen LogP contribution in [0.1, 0.15) is 0 Å². The number of fused-ring (bicyclic) bond motifs is 1. The Morgan fingerprint density at radius 2 is 1.30 bits per heavy atom. The molecule has 4 rings (SSSR count). The van der Waals surface area contributed by atoms with E-state index in [0.717, 1.165) is 21.9 Å². The average molecular weight is 373 g/mol. The number of hydrogen-bond acceptors (Lipinski definition) is 2. The molecule has 0 saturated carbocycles. The quantitative estimate of drug-likeness (QED) is 0.485. The molecule has 0 amide bonds. The van der Waals surface area contributed by atoms with Crippen LogP contribution in [0.5, 0.6) is 0 Å². The summed E-state index contributed by atoms with van der Waals surface area (Å²) in [7, 11) is -2.08. The second-order valence-corrected chi connectivity index (χ2v) is 8.33. The van der Waals surface area contributed by atoms with E-state index in [1.165, 1.54) is 4.31 Å². The summed E-state index contributed by atoms with van der Waals surface area (Å²) in [6, 6.07) is 30.3. The molecule has 4 aromatic rings. The lowest BCUT2D eigenvalue weighted by Crippen LogP contribution is -2.27. The fourth-order valence-electron chi connectivity index (χ4n) is 3.23. The Labute approximate surface area is 159 Å². The van der Waals surface area contributed by atoms with Crippen molar-refractivity contribution in [2.45, 2.75) is 4.90 Å². The van der Waals surface area contributed by atoms with E-state index in [-0.39, 0.29) is 4.90 Å². The Morgan fingerprint density at radius 1 is 0.667 bits per heavy atom. The summed E-state index contributed by atoms with van der Waals surface area (Å²) in [6.07, 6.45) is 0. The Kier molecular flexibility index (Phi) is 4.42. The van der Waals surface area contributed by atoms with Gasteiger partial charge in [0.05, 0.1) is 10.6 Å². The van der Waals surface area contributed by atoms with Crippen LogP contribution in [-0.2, 0) is 10.0 Å². The number of benzene rings is 4. The van der Waals surface area contributed by atoms with Crippen LogP contribution in [0.25, 0.3) is 21.9 Å². The van der Waals surface area contributed by atoms with E-state index in [1.807, 2.05) is 84.9 Å². The molecule has 4 heteroatoms. The topological polar surface area (TPSA) is 37.4 Å². The second-order valence-electron chi connectivity index (χ2n) is 6.36. The summed E-state index contributed by atoms with van der Waals surface area (Å²) in [5.41, 5.74) is 2.51. The number of rotatable bonds is 4. The molecule has 0 aliphatic carbocycles. The predicted octanol–water partition coefficient (Wildman–Crippen LogP) is 5.33. The monoisotopic (exact) mass is 373 g/mol. The Morgan fingerprint density at radius 3 is 2.07 bits per heavy atom. The molecule has 0 atom stereocenters. The number of anilines is 1. The third-order valence-corrected chi connectivity index (χ3v) is 6.47. The highest BCUT2D eigenvalue weighted by atomic mass is 32.2. The van der Waals surface area contributed by atoms with Crippen LogP contribution >= 0.6 is 0 Å². The van der Waals surface area contributed by atoms with Crippen molar-refractivity contribution in [1.82, 2.24) is 0 Å². The molecule has 0 N–H and O–H groups in total. The largest absolute Gasteiger partial charge is 0.269 e. The van der Waals surface area contributed by atoms with Crippen LogP contribution in [0.2, 0.25) is 0 Å². The Balaban J connectivity index is 1.81. The van der Waals surface area contributed by atoms with Crippen molar-refractivity contribution >= 4 is 26.5 Å². The molecular weight excluding hydrogens is 354 g/mol. The molecule has 0 fully saturated rings. The van der Waals surface area contributed by atoms with E-state index in [4.69, 9.17) is 0 Å². The molecule has 0 spiro atoms. The maximum atomic E-state index is 13.3. The first kappa shape index (κ1) is 17.3. The third-order valence-electron chi connectivity index (χ3n) is 4.71. The van der Waals surface area contributed by atoms with Gasteiger partial charge in [0.2, 0.25) is 0 Å². The SMILES string of the molecule is CN(c1ccccc1-c1ccccc1)S(=O)(=O)c1ccc2ccccc2c1. The van der Waals surface area contributed by atoms with Crippen LogP contribution in [0.15, 0.2) is 102 Å². The minimum atomic E-state index is -3.68. The van der Waals surface area contributed by atoms with Gasteiger partial charge in [0.25, 0.3) is 10.0 Å². The van der Waals surface area contributed by atoms with Gasteiger partial charge in [0, 0.05) is 12.6 Å². The molecule has 0 saturated heterocycles. The van der Waals surface area contributed by atoms with Gasteiger partial charge >= 0.3 is 0 Å². The van der Waals surface area contributed by atoms with Crippen molar-refractivity contribution in [3.05, 3.63) is 97.1 Å².